The van der Waals surface area contributed by atoms with E-state index in [1.165, 1.54) is 54.9 Å². The van der Waals surface area contributed by atoms with Gasteiger partial charge in [0.1, 0.15) is 0 Å². The van der Waals surface area contributed by atoms with Gasteiger partial charge in [-0.25, -0.2) is 0 Å². The Hall–Kier alpha value is -0.670. The highest BCUT2D eigenvalue weighted by molar-refractivity contribution is 8.00. The lowest BCUT2D eigenvalue weighted by Gasteiger charge is -2.27. The molecular weight excluding hydrogens is 276 g/mol. The first-order valence-corrected chi connectivity index (χ1v) is 9.24. The predicted molar refractivity (Wildman–Crippen MR) is 94.4 cm³/mol. The average Bonchev–Trinajstić information content (AvgIpc) is 3.25. The molecule has 1 aliphatic heterocycles. The topological polar surface area (TPSA) is 15.3 Å². The molecule has 1 aromatic rings. The summed E-state index contributed by atoms with van der Waals surface area (Å²) in [4.78, 5) is 2.60. The molecule has 21 heavy (non-hydrogen) atoms. The summed E-state index contributed by atoms with van der Waals surface area (Å²) in [7, 11) is 0. The molecule has 1 aliphatic carbocycles. The van der Waals surface area contributed by atoms with Gasteiger partial charge in [0.05, 0.1) is 0 Å². The van der Waals surface area contributed by atoms with Gasteiger partial charge in [-0.05, 0) is 37.8 Å². The molecule has 116 valence electrons. The molecule has 1 N–H and O–H groups in total. The maximum Gasteiger partial charge on any atom is 0.0412 e. The molecule has 3 heteroatoms. The largest absolute Gasteiger partial charge is 0.370 e. The normalized spacial score (nSPS) is 22.1. The van der Waals surface area contributed by atoms with Crippen molar-refractivity contribution in [3.05, 3.63) is 29.3 Å². The molecule has 0 unspecified atom stereocenters. The second-order valence-corrected chi connectivity index (χ2v) is 8.93. The Morgan fingerprint density at radius 3 is 2.86 bits per heavy atom. The lowest BCUT2D eigenvalue weighted by Crippen LogP contribution is -2.29. The van der Waals surface area contributed by atoms with Gasteiger partial charge in [-0.15, -0.1) is 0 Å². The van der Waals surface area contributed by atoms with E-state index in [1.54, 1.807) is 0 Å². The maximum absolute atomic E-state index is 3.68. The van der Waals surface area contributed by atoms with Crippen molar-refractivity contribution in [2.24, 2.45) is 0 Å². The van der Waals surface area contributed by atoms with E-state index in [2.05, 4.69) is 60.9 Å². The number of hydrogen-bond donors (Lipinski definition) is 1. The van der Waals surface area contributed by atoms with Gasteiger partial charge < -0.3 is 10.2 Å². The SMILES string of the molecule is Cc1ccc(N2CCSC(C)(C)CC2)c(CNC2CC2)c1. The van der Waals surface area contributed by atoms with Gasteiger partial charge in [0.25, 0.3) is 0 Å². The van der Waals surface area contributed by atoms with E-state index in [-0.39, 0.29) is 0 Å². The third kappa shape index (κ3) is 4.17. The van der Waals surface area contributed by atoms with Crippen LogP contribution in [0.5, 0.6) is 0 Å². The lowest BCUT2D eigenvalue weighted by atomic mass is 10.1. The van der Waals surface area contributed by atoms with Crippen LogP contribution < -0.4 is 10.2 Å². The van der Waals surface area contributed by atoms with Crippen LogP contribution in [0.25, 0.3) is 0 Å². The molecular formula is C18H28N2S. The van der Waals surface area contributed by atoms with Gasteiger partial charge >= 0.3 is 0 Å². The minimum atomic E-state index is 0.422. The standard InChI is InChI=1S/C18H28N2S/c1-14-4-7-17(15(12-14)13-19-16-5-6-16)20-9-8-18(2,3)21-11-10-20/h4,7,12,16,19H,5-6,8-11,13H2,1-3H3. The summed E-state index contributed by atoms with van der Waals surface area (Å²) in [5.74, 6) is 1.23. The molecule has 1 saturated carbocycles. The van der Waals surface area contributed by atoms with Crippen LogP contribution in [-0.4, -0.2) is 29.6 Å². The van der Waals surface area contributed by atoms with Gasteiger partial charge in [-0.2, -0.15) is 11.8 Å². The number of hydrogen-bond acceptors (Lipinski definition) is 3. The van der Waals surface area contributed by atoms with Gasteiger partial charge in [0.2, 0.25) is 0 Å². The molecule has 0 aromatic heterocycles. The van der Waals surface area contributed by atoms with Crippen LogP contribution >= 0.6 is 11.8 Å². The molecule has 1 aromatic carbocycles. The summed E-state index contributed by atoms with van der Waals surface area (Å²) in [6.07, 6.45) is 3.98. The first kappa shape index (κ1) is 15.2. The molecule has 0 bridgehead atoms. The first-order chi connectivity index (χ1) is 10.0. The van der Waals surface area contributed by atoms with E-state index in [9.17, 15) is 0 Å². The van der Waals surface area contributed by atoms with Crippen molar-refractivity contribution >= 4 is 17.4 Å². The minimum absolute atomic E-state index is 0.422. The van der Waals surface area contributed by atoms with Crippen molar-refractivity contribution in [2.45, 2.75) is 57.4 Å². The smallest absolute Gasteiger partial charge is 0.0412 e. The fourth-order valence-electron chi connectivity index (χ4n) is 2.97. The molecule has 1 heterocycles. The second-order valence-electron chi connectivity index (χ2n) is 7.13. The predicted octanol–water partition coefficient (Wildman–Crippen LogP) is 3.97. The molecule has 0 radical (unpaired) electrons. The van der Waals surface area contributed by atoms with Crippen LogP contribution in [0.2, 0.25) is 0 Å². The number of nitrogens with zero attached hydrogens (tertiary/aromatic N) is 1. The lowest BCUT2D eigenvalue weighted by molar-refractivity contribution is 0.633. The quantitative estimate of drug-likeness (QED) is 0.906. The number of aryl methyl sites for hydroxylation is 1. The summed E-state index contributed by atoms with van der Waals surface area (Å²) >= 11 is 2.12. The van der Waals surface area contributed by atoms with Crippen LogP contribution in [0, 0.1) is 6.92 Å². The molecule has 2 fully saturated rings. The van der Waals surface area contributed by atoms with E-state index in [4.69, 9.17) is 0 Å². The van der Waals surface area contributed by atoms with Gasteiger partial charge in [0, 0.05) is 41.9 Å². The van der Waals surface area contributed by atoms with Crippen molar-refractivity contribution in [3.8, 4) is 0 Å². The Morgan fingerprint density at radius 1 is 1.29 bits per heavy atom. The van der Waals surface area contributed by atoms with Crippen molar-refractivity contribution in [1.29, 1.82) is 0 Å². The van der Waals surface area contributed by atoms with Crippen LogP contribution in [-0.2, 0) is 6.54 Å². The Bertz CT molecular complexity index is 494. The van der Waals surface area contributed by atoms with Crippen molar-refractivity contribution in [1.82, 2.24) is 5.32 Å². The summed E-state index contributed by atoms with van der Waals surface area (Å²) in [5.41, 5.74) is 4.30. The van der Waals surface area contributed by atoms with Gasteiger partial charge in [-0.3, -0.25) is 0 Å². The zero-order chi connectivity index (χ0) is 14.9. The van der Waals surface area contributed by atoms with E-state index in [0.717, 1.165) is 12.6 Å². The zero-order valence-corrected chi connectivity index (χ0v) is 14.4. The van der Waals surface area contributed by atoms with Gasteiger partial charge in [0.15, 0.2) is 0 Å². The maximum atomic E-state index is 3.68. The molecule has 3 rings (SSSR count). The van der Waals surface area contributed by atoms with Crippen molar-refractivity contribution in [3.63, 3.8) is 0 Å². The molecule has 1 saturated heterocycles. The number of thioether (sulfide) groups is 1. The fourth-order valence-corrected chi connectivity index (χ4v) is 4.07. The fraction of sp³-hybridized carbons (Fsp3) is 0.667. The second kappa shape index (κ2) is 6.21. The summed E-state index contributed by atoms with van der Waals surface area (Å²) in [6, 6.07) is 7.74. The zero-order valence-electron chi connectivity index (χ0n) is 13.6. The number of benzene rings is 1. The number of anilines is 1. The highest BCUT2D eigenvalue weighted by atomic mass is 32.2. The number of rotatable bonds is 4. The molecule has 2 aliphatic rings. The van der Waals surface area contributed by atoms with Crippen molar-refractivity contribution < 1.29 is 0 Å². The molecule has 0 spiro atoms. The Morgan fingerprint density at radius 2 is 2.10 bits per heavy atom. The molecule has 2 nitrogen and oxygen atoms in total. The van der Waals surface area contributed by atoms with E-state index < -0.39 is 0 Å². The average molecular weight is 305 g/mol. The minimum Gasteiger partial charge on any atom is -0.370 e. The van der Waals surface area contributed by atoms with Crippen molar-refractivity contribution in [2.75, 3.05) is 23.7 Å². The summed E-state index contributed by atoms with van der Waals surface area (Å²) < 4.78 is 0.422. The monoisotopic (exact) mass is 304 g/mol. The third-order valence-corrected chi connectivity index (χ3v) is 5.94. The summed E-state index contributed by atoms with van der Waals surface area (Å²) in [6.45, 7) is 10.3. The van der Waals surface area contributed by atoms with Crippen LogP contribution in [0.1, 0.15) is 44.2 Å². The molecule has 0 atom stereocenters. The van der Waals surface area contributed by atoms with Gasteiger partial charge in [-0.1, -0.05) is 31.5 Å². The summed E-state index contributed by atoms with van der Waals surface area (Å²) in [5, 5.41) is 3.68. The van der Waals surface area contributed by atoms with E-state index >= 15 is 0 Å². The van der Waals surface area contributed by atoms with Crippen LogP contribution in [0.4, 0.5) is 5.69 Å². The highest BCUT2D eigenvalue weighted by Gasteiger charge is 2.25. The third-order valence-electron chi connectivity index (χ3n) is 4.57. The highest BCUT2D eigenvalue weighted by Crippen LogP contribution is 2.33. The Labute approximate surface area is 133 Å². The van der Waals surface area contributed by atoms with Crippen LogP contribution in [0.3, 0.4) is 0 Å². The Balaban J connectivity index is 1.76. The number of nitrogens with one attached hydrogen (secondary N) is 1. The Kier molecular flexibility index (Phi) is 4.51. The molecule has 0 amide bonds. The van der Waals surface area contributed by atoms with E-state index in [1.807, 2.05) is 0 Å². The van der Waals surface area contributed by atoms with E-state index in [0.29, 0.717) is 4.75 Å². The van der Waals surface area contributed by atoms with Crippen LogP contribution in [0.15, 0.2) is 18.2 Å². The first-order valence-electron chi connectivity index (χ1n) is 8.25.